The molecule has 0 atom stereocenters. The summed E-state index contributed by atoms with van der Waals surface area (Å²) in [6, 6.07) is 5.64. The van der Waals surface area contributed by atoms with Crippen molar-refractivity contribution in [2.75, 3.05) is 34.9 Å². The average molecular weight is 252 g/mol. The van der Waals surface area contributed by atoms with Gasteiger partial charge in [-0.3, -0.25) is 4.79 Å². The van der Waals surface area contributed by atoms with Crippen LogP contribution in [0.3, 0.4) is 0 Å². The molecule has 0 aliphatic rings. The molecule has 1 rings (SSSR count). The number of nitrogens with one attached hydrogen (secondary N) is 1. The van der Waals surface area contributed by atoms with Gasteiger partial charge < -0.3 is 19.7 Å². The summed E-state index contributed by atoms with van der Waals surface area (Å²) in [7, 11) is 6.72. The van der Waals surface area contributed by atoms with Crippen molar-refractivity contribution in [3.8, 4) is 11.5 Å². The number of carbonyl (C=O) groups is 1. The molecule has 1 aromatic carbocycles. The van der Waals surface area contributed by atoms with Gasteiger partial charge in [-0.2, -0.15) is 0 Å². The van der Waals surface area contributed by atoms with Gasteiger partial charge in [0, 0.05) is 13.6 Å². The summed E-state index contributed by atoms with van der Waals surface area (Å²) in [6.07, 6.45) is 0. The molecule has 0 bridgehead atoms. The molecule has 0 aliphatic carbocycles. The van der Waals surface area contributed by atoms with Crippen molar-refractivity contribution < 1.29 is 14.3 Å². The minimum atomic E-state index is 0.0484. The van der Waals surface area contributed by atoms with Gasteiger partial charge in [-0.05, 0) is 24.7 Å². The van der Waals surface area contributed by atoms with E-state index in [2.05, 4.69) is 5.32 Å². The maximum atomic E-state index is 11.6. The molecule has 0 spiro atoms. The molecule has 100 valence electrons. The third-order valence-electron chi connectivity index (χ3n) is 2.62. The molecule has 1 amide bonds. The topological polar surface area (TPSA) is 50.8 Å². The normalized spacial score (nSPS) is 10.0. The first kappa shape index (κ1) is 14.3. The lowest BCUT2D eigenvalue weighted by Gasteiger charge is -2.18. The van der Waals surface area contributed by atoms with E-state index in [-0.39, 0.29) is 5.91 Å². The average Bonchev–Trinajstić information content (AvgIpc) is 2.38. The zero-order valence-corrected chi connectivity index (χ0v) is 11.3. The Morgan fingerprint density at radius 1 is 1.28 bits per heavy atom. The second-order valence-electron chi connectivity index (χ2n) is 3.97. The Labute approximate surface area is 108 Å². The van der Waals surface area contributed by atoms with Crippen LogP contribution < -0.4 is 14.8 Å². The number of rotatable bonds is 6. The maximum Gasteiger partial charge on any atom is 0.236 e. The second-order valence-corrected chi connectivity index (χ2v) is 3.97. The molecule has 0 heterocycles. The van der Waals surface area contributed by atoms with Crippen LogP contribution in [0.2, 0.25) is 0 Å². The molecule has 18 heavy (non-hydrogen) atoms. The van der Waals surface area contributed by atoms with Crippen LogP contribution in [-0.4, -0.2) is 45.7 Å². The fourth-order valence-corrected chi connectivity index (χ4v) is 1.63. The number of methoxy groups -OCH3 is 2. The predicted octanol–water partition coefficient (Wildman–Crippen LogP) is 0.882. The van der Waals surface area contributed by atoms with Gasteiger partial charge in [0.2, 0.25) is 5.91 Å². The van der Waals surface area contributed by atoms with Gasteiger partial charge in [-0.1, -0.05) is 6.07 Å². The minimum absolute atomic E-state index is 0.0484. The van der Waals surface area contributed by atoms with Gasteiger partial charge >= 0.3 is 0 Å². The lowest BCUT2D eigenvalue weighted by Crippen LogP contribution is -2.33. The van der Waals surface area contributed by atoms with E-state index in [0.717, 1.165) is 5.56 Å². The van der Waals surface area contributed by atoms with Crippen LogP contribution in [0.15, 0.2) is 18.2 Å². The van der Waals surface area contributed by atoms with Crippen molar-refractivity contribution in [1.82, 2.24) is 10.2 Å². The highest BCUT2D eigenvalue weighted by Gasteiger charge is 2.10. The molecule has 5 nitrogen and oxygen atoms in total. The largest absolute Gasteiger partial charge is 0.493 e. The SMILES string of the molecule is CNCC(=O)N(C)Cc1ccc(OC)c(OC)c1. The van der Waals surface area contributed by atoms with E-state index >= 15 is 0 Å². The fourth-order valence-electron chi connectivity index (χ4n) is 1.63. The third kappa shape index (κ3) is 3.63. The summed E-state index contributed by atoms with van der Waals surface area (Å²) in [5.41, 5.74) is 1.000. The molecule has 0 aliphatic heterocycles. The van der Waals surface area contributed by atoms with Crippen molar-refractivity contribution in [3.63, 3.8) is 0 Å². The molecular weight excluding hydrogens is 232 g/mol. The second kappa shape index (κ2) is 6.86. The number of hydrogen-bond acceptors (Lipinski definition) is 4. The first-order valence-corrected chi connectivity index (χ1v) is 5.71. The molecule has 0 saturated carbocycles. The molecule has 0 unspecified atom stereocenters. The molecule has 0 aromatic heterocycles. The third-order valence-corrected chi connectivity index (χ3v) is 2.62. The number of likely N-dealkylation sites (N-methyl/N-ethyl adjacent to an activating group) is 2. The molecule has 5 heteroatoms. The van der Waals surface area contributed by atoms with Crippen molar-refractivity contribution in [2.45, 2.75) is 6.54 Å². The maximum absolute atomic E-state index is 11.6. The first-order chi connectivity index (χ1) is 8.62. The van der Waals surface area contributed by atoms with Crippen LogP contribution in [0.5, 0.6) is 11.5 Å². The van der Waals surface area contributed by atoms with E-state index < -0.39 is 0 Å². The Balaban J connectivity index is 2.76. The quantitative estimate of drug-likeness (QED) is 0.816. The van der Waals surface area contributed by atoms with Crippen LogP contribution in [0.25, 0.3) is 0 Å². The van der Waals surface area contributed by atoms with Gasteiger partial charge in [-0.15, -0.1) is 0 Å². The molecule has 1 aromatic rings. The monoisotopic (exact) mass is 252 g/mol. The van der Waals surface area contributed by atoms with Crippen LogP contribution in [0, 0.1) is 0 Å². The van der Waals surface area contributed by atoms with Crippen molar-refractivity contribution in [1.29, 1.82) is 0 Å². The number of carbonyl (C=O) groups excluding carboxylic acids is 1. The lowest BCUT2D eigenvalue weighted by atomic mass is 10.2. The van der Waals surface area contributed by atoms with Gasteiger partial charge in [-0.25, -0.2) is 0 Å². The summed E-state index contributed by atoms with van der Waals surface area (Å²) in [6.45, 7) is 0.880. The van der Waals surface area contributed by atoms with Gasteiger partial charge in [0.05, 0.1) is 20.8 Å². The lowest BCUT2D eigenvalue weighted by molar-refractivity contribution is -0.129. The molecular formula is C13H20N2O3. The summed E-state index contributed by atoms with van der Waals surface area (Å²) >= 11 is 0. The summed E-state index contributed by atoms with van der Waals surface area (Å²) in [4.78, 5) is 13.3. The van der Waals surface area contributed by atoms with E-state index in [9.17, 15) is 4.79 Å². The standard InChI is InChI=1S/C13H20N2O3/c1-14-8-13(16)15(2)9-10-5-6-11(17-3)12(7-10)18-4/h5-7,14H,8-9H2,1-4H3. The van der Waals surface area contributed by atoms with Crippen LogP contribution in [-0.2, 0) is 11.3 Å². The highest BCUT2D eigenvalue weighted by atomic mass is 16.5. The van der Waals surface area contributed by atoms with Gasteiger partial charge in [0.25, 0.3) is 0 Å². The van der Waals surface area contributed by atoms with Crippen molar-refractivity contribution >= 4 is 5.91 Å². The Hall–Kier alpha value is -1.75. The Morgan fingerprint density at radius 2 is 1.94 bits per heavy atom. The summed E-state index contributed by atoms with van der Waals surface area (Å²) in [5, 5.41) is 2.84. The molecule has 0 saturated heterocycles. The number of hydrogen-bond donors (Lipinski definition) is 1. The molecule has 0 fully saturated rings. The van der Waals surface area contributed by atoms with Crippen molar-refractivity contribution in [3.05, 3.63) is 23.8 Å². The predicted molar refractivity (Wildman–Crippen MR) is 69.9 cm³/mol. The first-order valence-electron chi connectivity index (χ1n) is 5.71. The highest BCUT2D eigenvalue weighted by molar-refractivity contribution is 5.77. The number of nitrogens with zero attached hydrogens (tertiary/aromatic N) is 1. The van der Waals surface area contributed by atoms with Crippen LogP contribution in [0.1, 0.15) is 5.56 Å². The van der Waals surface area contributed by atoms with E-state index in [1.807, 2.05) is 18.2 Å². The number of benzene rings is 1. The zero-order valence-electron chi connectivity index (χ0n) is 11.3. The smallest absolute Gasteiger partial charge is 0.236 e. The zero-order chi connectivity index (χ0) is 13.5. The van der Waals surface area contributed by atoms with Crippen LogP contribution >= 0.6 is 0 Å². The highest BCUT2D eigenvalue weighted by Crippen LogP contribution is 2.27. The fraction of sp³-hybridized carbons (Fsp3) is 0.462. The summed E-state index contributed by atoms with van der Waals surface area (Å²) < 4.78 is 10.4. The van der Waals surface area contributed by atoms with Crippen molar-refractivity contribution in [2.24, 2.45) is 0 Å². The van der Waals surface area contributed by atoms with E-state index in [4.69, 9.17) is 9.47 Å². The Bertz CT molecular complexity index is 407. The number of ether oxygens (including phenoxy) is 2. The van der Waals surface area contributed by atoms with E-state index in [0.29, 0.717) is 24.6 Å². The minimum Gasteiger partial charge on any atom is -0.493 e. The Kier molecular flexibility index (Phi) is 5.45. The molecule has 1 N–H and O–H groups in total. The van der Waals surface area contributed by atoms with Gasteiger partial charge in [0.1, 0.15) is 0 Å². The molecule has 0 radical (unpaired) electrons. The van der Waals surface area contributed by atoms with E-state index in [1.54, 1.807) is 33.2 Å². The summed E-state index contributed by atoms with van der Waals surface area (Å²) in [5.74, 6) is 1.40. The Morgan fingerprint density at radius 3 is 2.50 bits per heavy atom. The number of amides is 1. The van der Waals surface area contributed by atoms with Gasteiger partial charge in [0.15, 0.2) is 11.5 Å². The van der Waals surface area contributed by atoms with E-state index in [1.165, 1.54) is 0 Å². The van der Waals surface area contributed by atoms with Crippen LogP contribution in [0.4, 0.5) is 0 Å².